The zero-order valence-electron chi connectivity index (χ0n) is 6.73. The second-order valence-electron chi connectivity index (χ2n) is 2.91. The largest absolute Gasteiger partial charge is 0.119 e. The quantitative estimate of drug-likeness (QED) is 0.495. The van der Waals surface area contributed by atoms with Gasteiger partial charge >= 0.3 is 0 Å². The molecule has 1 radical (unpaired) electrons. The first-order valence-electron chi connectivity index (χ1n) is 3.43. The minimum absolute atomic E-state index is 0.537. The van der Waals surface area contributed by atoms with E-state index >= 15 is 0 Å². The van der Waals surface area contributed by atoms with E-state index < -0.39 is 0 Å². The Kier molecular flexibility index (Phi) is 3.39. The van der Waals surface area contributed by atoms with E-state index in [0.29, 0.717) is 11.8 Å². The van der Waals surface area contributed by atoms with Crippen molar-refractivity contribution in [2.45, 2.75) is 27.7 Å². The van der Waals surface area contributed by atoms with Gasteiger partial charge in [-0.2, -0.15) is 0 Å². The lowest BCUT2D eigenvalue weighted by Crippen LogP contribution is -2.10. The van der Waals surface area contributed by atoms with Crippen LogP contribution in [0.25, 0.3) is 0 Å². The number of hydrogen-bond donors (Lipinski definition) is 0. The van der Waals surface area contributed by atoms with Crippen LogP contribution in [0.1, 0.15) is 27.7 Å². The molecule has 0 amide bonds. The van der Waals surface area contributed by atoms with Crippen LogP contribution in [0.5, 0.6) is 0 Å². The summed E-state index contributed by atoms with van der Waals surface area (Å²) in [5, 5.41) is 0. The second-order valence-corrected chi connectivity index (χ2v) is 2.91. The third kappa shape index (κ3) is 2.56. The fourth-order valence-electron chi connectivity index (χ4n) is 1.00. The molecule has 0 aliphatic rings. The predicted molar refractivity (Wildman–Crippen MR) is 41.8 cm³/mol. The van der Waals surface area contributed by atoms with Gasteiger partial charge in [-0.15, -0.1) is 6.42 Å². The van der Waals surface area contributed by atoms with Crippen molar-refractivity contribution >= 4 is 0 Å². The Bertz CT molecular complexity index is 95.7. The van der Waals surface area contributed by atoms with Gasteiger partial charge in [-0.25, -0.2) is 0 Å². The van der Waals surface area contributed by atoms with E-state index in [1.165, 1.54) is 5.92 Å². The number of terminal acetylenes is 1. The van der Waals surface area contributed by atoms with Crippen molar-refractivity contribution in [3.05, 3.63) is 5.92 Å². The van der Waals surface area contributed by atoms with Crippen molar-refractivity contribution in [3.8, 4) is 12.3 Å². The first-order valence-corrected chi connectivity index (χ1v) is 3.43. The average molecular weight is 123 g/mol. The van der Waals surface area contributed by atoms with Gasteiger partial charge in [-0.3, -0.25) is 0 Å². The Morgan fingerprint density at radius 1 is 1.11 bits per heavy atom. The number of hydrogen-bond acceptors (Lipinski definition) is 0. The van der Waals surface area contributed by atoms with E-state index in [2.05, 4.69) is 33.6 Å². The van der Waals surface area contributed by atoms with Crippen LogP contribution in [0.2, 0.25) is 0 Å². The maximum Gasteiger partial charge on any atom is 0.0527 e. The van der Waals surface area contributed by atoms with E-state index in [0.717, 1.165) is 0 Å². The minimum atomic E-state index is 0.537. The molecule has 0 N–H and O–H groups in total. The topological polar surface area (TPSA) is 0 Å². The molecule has 0 rings (SSSR count). The lowest BCUT2D eigenvalue weighted by Gasteiger charge is -2.16. The molecule has 0 unspecified atom stereocenters. The molecule has 0 heteroatoms. The maximum atomic E-state index is 5.29. The molecule has 0 atom stereocenters. The lowest BCUT2D eigenvalue weighted by molar-refractivity contribution is 0.562. The molecule has 0 fully saturated rings. The Hall–Kier alpha value is -0.440. The van der Waals surface area contributed by atoms with Gasteiger partial charge in [-0.1, -0.05) is 33.6 Å². The maximum absolute atomic E-state index is 5.29. The molecule has 0 saturated heterocycles. The molecule has 0 heterocycles. The molecule has 0 nitrogen and oxygen atoms in total. The average Bonchev–Trinajstić information content (AvgIpc) is 1.64. The highest BCUT2D eigenvalue weighted by Gasteiger charge is 2.14. The minimum Gasteiger partial charge on any atom is -0.119 e. The third-order valence-electron chi connectivity index (χ3n) is 1.41. The van der Waals surface area contributed by atoms with Crippen LogP contribution in [0.4, 0.5) is 0 Å². The van der Waals surface area contributed by atoms with E-state index in [4.69, 9.17) is 6.42 Å². The molecule has 9 heavy (non-hydrogen) atoms. The third-order valence-corrected chi connectivity index (χ3v) is 1.41. The van der Waals surface area contributed by atoms with Gasteiger partial charge < -0.3 is 0 Å². The first-order chi connectivity index (χ1) is 4.09. The van der Waals surface area contributed by atoms with Gasteiger partial charge in [0.2, 0.25) is 0 Å². The van der Waals surface area contributed by atoms with Gasteiger partial charge in [0.15, 0.2) is 0 Å². The van der Waals surface area contributed by atoms with Crippen LogP contribution < -0.4 is 0 Å². The van der Waals surface area contributed by atoms with E-state index in [9.17, 15) is 0 Å². The Morgan fingerprint density at radius 2 is 1.44 bits per heavy atom. The van der Waals surface area contributed by atoms with Crippen LogP contribution in [-0.4, -0.2) is 0 Å². The lowest BCUT2D eigenvalue weighted by atomic mass is 9.87. The number of rotatable bonds is 2. The van der Waals surface area contributed by atoms with Crippen LogP contribution in [-0.2, 0) is 0 Å². The zero-order chi connectivity index (χ0) is 7.44. The van der Waals surface area contributed by atoms with E-state index in [1.54, 1.807) is 0 Å². The highest BCUT2D eigenvalue weighted by molar-refractivity contribution is 5.19. The summed E-state index contributed by atoms with van der Waals surface area (Å²) in [4.78, 5) is 0. The standard InChI is InChI=1S/C9H15/c1-6-9(7(2)3)8(4)5/h1,7-8H,2-5H3. The molecule has 0 bridgehead atoms. The van der Waals surface area contributed by atoms with Crippen LogP contribution in [0.15, 0.2) is 0 Å². The van der Waals surface area contributed by atoms with Gasteiger partial charge in [0, 0.05) is 0 Å². The summed E-state index contributed by atoms with van der Waals surface area (Å²) in [6.07, 6.45) is 5.29. The molecule has 51 valence electrons. The van der Waals surface area contributed by atoms with Gasteiger partial charge in [0.05, 0.1) is 5.92 Å². The summed E-state index contributed by atoms with van der Waals surface area (Å²) in [5.41, 5.74) is 0. The molecule has 0 aromatic heterocycles. The van der Waals surface area contributed by atoms with Crippen molar-refractivity contribution < 1.29 is 0 Å². The van der Waals surface area contributed by atoms with Crippen molar-refractivity contribution in [3.63, 3.8) is 0 Å². The predicted octanol–water partition coefficient (Wildman–Crippen LogP) is 2.51. The van der Waals surface area contributed by atoms with Gasteiger partial charge in [0.25, 0.3) is 0 Å². The Balaban J connectivity index is 3.87. The van der Waals surface area contributed by atoms with Crippen molar-refractivity contribution in [1.82, 2.24) is 0 Å². The highest BCUT2D eigenvalue weighted by Crippen LogP contribution is 2.20. The molecular formula is C9H15. The molecular weight excluding hydrogens is 108 g/mol. The van der Waals surface area contributed by atoms with Gasteiger partial charge in [-0.05, 0) is 11.8 Å². The summed E-state index contributed by atoms with van der Waals surface area (Å²) in [6.45, 7) is 8.54. The summed E-state index contributed by atoms with van der Waals surface area (Å²) in [7, 11) is 0. The molecule has 0 aromatic carbocycles. The molecule has 0 aliphatic carbocycles. The Labute approximate surface area is 58.7 Å². The summed E-state index contributed by atoms with van der Waals surface area (Å²) >= 11 is 0. The molecule has 0 aromatic rings. The summed E-state index contributed by atoms with van der Waals surface area (Å²) in [6, 6.07) is 0. The smallest absolute Gasteiger partial charge is 0.0527 e. The van der Waals surface area contributed by atoms with Gasteiger partial charge in [0.1, 0.15) is 0 Å². The summed E-state index contributed by atoms with van der Waals surface area (Å²) in [5.74, 6) is 5.01. The fourth-order valence-corrected chi connectivity index (χ4v) is 1.00. The molecule has 0 saturated carbocycles. The first kappa shape index (κ1) is 8.56. The SMILES string of the molecule is C#C[C](C(C)C)C(C)C. The Morgan fingerprint density at radius 3 is 1.44 bits per heavy atom. The zero-order valence-corrected chi connectivity index (χ0v) is 6.73. The molecule has 0 aliphatic heterocycles. The van der Waals surface area contributed by atoms with Crippen LogP contribution in [0.3, 0.4) is 0 Å². The van der Waals surface area contributed by atoms with Crippen LogP contribution in [0, 0.1) is 30.1 Å². The van der Waals surface area contributed by atoms with E-state index in [-0.39, 0.29) is 0 Å². The second kappa shape index (κ2) is 3.56. The molecule has 0 spiro atoms. The van der Waals surface area contributed by atoms with E-state index in [1.807, 2.05) is 0 Å². The summed E-state index contributed by atoms with van der Waals surface area (Å²) < 4.78 is 0. The normalized spacial score (nSPS) is 10.9. The van der Waals surface area contributed by atoms with Crippen LogP contribution >= 0.6 is 0 Å². The monoisotopic (exact) mass is 123 g/mol. The van der Waals surface area contributed by atoms with Crippen molar-refractivity contribution in [2.24, 2.45) is 11.8 Å². The fraction of sp³-hybridized carbons (Fsp3) is 0.667. The highest BCUT2D eigenvalue weighted by atomic mass is 14.2. The van der Waals surface area contributed by atoms with Crippen molar-refractivity contribution in [2.75, 3.05) is 0 Å². The van der Waals surface area contributed by atoms with Crippen molar-refractivity contribution in [1.29, 1.82) is 0 Å².